The lowest BCUT2D eigenvalue weighted by atomic mass is 10.5. The number of hydrogen-bond acceptors (Lipinski definition) is 3. The standard InChI is InChI=1S/C4H10N2O2/c1-3(8)6-4(5)2-7/h4,7H,2,5H2,1H3,(H,6,8). The first-order chi connectivity index (χ1) is 3.66. The summed E-state index contributed by atoms with van der Waals surface area (Å²) >= 11 is 0. The summed E-state index contributed by atoms with van der Waals surface area (Å²) in [6, 6.07) is 0. The third-order valence-corrected chi connectivity index (χ3v) is 0.585. The van der Waals surface area contributed by atoms with Gasteiger partial charge in [-0.3, -0.25) is 4.79 Å². The maximum atomic E-state index is 10.1. The smallest absolute Gasteiger partial charge is 0.218 e. The van der Waals surface area contributed by atoms with Gasteiger partial charge >= 0.3 is 0 Å². The van der Waals surface area contributed by atoms with Crippen molar-refractivity contribution in [1.29, 1.82) is 0 Å². The van der Waals surface area contributed by atoms with Crippen molar-refractivity contribution in [2.45, 2.75) is 13.1 Å². The van der Waals surface area contributed by atoms with Gasteiger partial charge in [0.2, 0.25) is 5.91 Å². The molecule has 0 fully saturated rings. The highest BCUT2D eigenvalue weighted by Crippen LogP contribution is 1.66. The predicted molar refractivity (Wildman–Crippen MR) is 28.9 cm³/mol. The van der Waals surface area contributed by atoms with E-state index in [4.69, 9.17) is 10.8 Å². The lowest BCUT2D eigenvalue weighted by molar-refractivity contribution is -0.119. The summed E-state index contributed by atoms with van der Waals surface area (Å²) in [6.07, 6.45) is -0.618. The van der Waals surface area contributed by atoms with Crippen LogP contribution in [0.25, 0.3) is 0 Å². The average molecular weight is 118 g/mol. The molecule has 0 aliphatic carbocycles. The zero-order valence-electron chi connectivity index (χ0n) is 4.72. The molecule has 0 aliphatic rings. The Hall–Kier alpha value is -0.610. The first-order valence-electron chi connectivity index (χ1n) is 2.30. The van der Waals surface area contributed by atoms with Gasteiger partial charge in [-0.25, -0.2) is 0 Å². The van der Waals surface area contributed by atoms with Crippen LogP contribution in [0.2, 0.25) is 0 Å². The second-order valence-corrected chi connectivity index (χ2v) is 1.49. The minimum absolute atomic E-state index is 0.223. The number of rotatable bonds is 2. The number of hydrogen-bond donors (Lipinski definition) is 3. The summed E-state index contributed by atoms with van der Waals surface area (Å²) in [5, 5.41) is 10.5. The Balaban J connectivity index is 3.24. The molecule has 1 unspecified atom stereocenters. The van der Waals surface area contributed by atoms with E-state index in [0.29, 0.717) is 0 Å². The summed E-state index contributed by atoms with van der Waals surface area (Å²) < 4.78 is 0. The van der Waals surface area contributed by atoms with Crippen LogP contribution >= 0.6 is 0 Å². The van der Waals surface area contributed by atoms with Gasteiger partial charge < -0.3 is 16.2 Å². The zero-order chi connectivity index (χ0) is 6.57. The van der Waals surface area contributed by atoms with Crippen molar-refractivity contribution in [2.24, 2.45) is 5.73 Å². The Labute approximate surface area is 47.7 Å². The van der Waals surface area contributed by atoms with E-state index in [1.54, 1.807) is 0 Å². The van der Waals surface area contributed by atoms with E-state index in [9.17, 15) is 4.79 Å². The van der Waals surface area contributed by atoms with E-state index in [-0.39, 0.29) is 12.5 Å². The van der Waals surface area contributed by atoms with E-state index in [0.717, 1.165) is 0 Å². The number of carbonyl (C=O) groups excluding carboxylic acids is 1. The van der Waals surface area contributed by atoms with Gasteiger partial charge in [0.05, 0.1) is 6.61 Å². The van der Waals surface area contributed by atoms with Crippen molar-refractivity contribution in [1.82, 2.24) is 5.32 Å². The summed E-state index contributed by atoms with van der Waals surface area (Å²) in [4.78, 5) is 10.1. The van der Waals surface area contributed by atoms with E-state index in [1.807, 2.05) is 0 Å². The normalized spacial score (nSPS) is 12.9. The van der Waals surface area contributed by atoms with Crippen LogP contribution in [0.5, 0.6) is 0 Å². The summed E-state index contributed by atoms with van der Waals surface area (Å²) in [6.45, 7) is 1.12. The highest BCUT2D eigenvalue weighted by atomic mass is 16.3. The van der Waals surface area contributed by atoms with Gasteiger partial charge in [0.1, 0.15) is 6.17 Å². The highest BCUT2D eigenvalue weighted by Gasteiger charge is 1.97. The summed E-state index contributed by atoms with van der Waals surface area (Å²) in [7, 11) is 0. The third-order valence-electron chi connectivity index (χ3n) is 0.585. The third kappa shape index (κ3) is 3.58. The van der Waals surface area contributed by atoms with Gasteiger partial charge in [-0.05, 0) is 0 Å². The predicted octanol–water partition coefficient (Wildman–Crippen LogP) is -1.60. The van der Waals surface area contributed by atoms with Crippen molar-refractivity contribution in [3.63, 3.8) is 0 Å². The van der Waals surface area contributed by atoms with Crippen LogP contribution in [0.1, 0.15) is 6.92 Å². The molecule has 0 aromatic rings. The molecule has 0 rings (SSSR count). The van der Waals surface area contributed by atoms with E-state index >= 15 is 0 Å². The molecule has 0 saturated heterocycles. The van der Waals surface area contributed by atoms with Crippen molar-refractivity contribution < 1.29 is 9.90 Å². The molecule has 0 radical (unpaired) electrons. The first-order valence-corrected chi connectivity index (χ1v) is 2.30. The molecule has 4 heteroatoms. The van der Waals surface area contributed by atoms with E-state index < -0.39 is 6.17 Å². The van der Waals surface area contributed by atoms with Gasteiger partial charge in [0.15, 0.2) is 0 Å². The van der Waals surface area contributed by atoms with Crippen molar-refractivity contribution >= 4 is 5.91 Å². The Kier molecular flexibility index (Phi) is 3.14. The molecule has 4 N–H and O–H groups in total. The molecule has 4 nitrogen and oxygen atoms in total. The van der Waals surface area contributed by atoms with Crippen molar-refractivity contribution in [2.75, 3.05) is 6.61 Å². The molecule has 0 saturated carbocycles. The molecule has 0 spiro atoms. The Morgan fingerprint density at radius 2 is 2.50 bits per heavy atom. The lowest BCUT2D eigenvalue weighted by Gasteiger charge is -2.06. The van der Waals surface area contributed by atoms with Crippen LogP contribution in [0, 0.1) is 0 Å². The van der Waals surface area contributed by atoms with Crippen LogP contribution < -0.4 is 11.1 Å². The van der Waals surface area contributed by atoms with Crippen molar-refractivity contribution in [3.05, 3.63) is 0 Å². The fourth-order valence-electron chi connectivity index (χ4n) is 0.307. The van der Waals surface area contributed by atoms with E-state index in [1.165, 1.54) is 6.92 Å². The minimum atomic E-state index is -0.618. The van der Waals surface area contributed by atoms with Crippen molar-refractivity contribution in [3.8, 4) is 0 Å². The van der Waals surface area contributed by atoms with Gasteiger partial charge in [-0.15, -0.1) is 0 Å². The monoisotopic (exact) mass is 118 g/mol. The molecule has 0 aromatic heterocycles. The number of amides is 1. The van der Waals surface area contributed by atoms with Gasteiger partial charge in [0.25, 0.3) is 0 Å². The molecular weight excluding hydrogens is 108 g/mol. The SMILES string of the molecule is CC(=O)NC(N)CO. The number of carbonyl (C=O) groups is 1. The Morgan fingerprint density at radius 1 is 2.00 bits per heavy atom. The van der Waals surface area contributed by atoms with Gasteiger partial charge in [-0.1, -0.05) is 0 Å². The first kappa shape index (κ1) is 7.39. The topological polar surface area (TPSA) is 75.4 Å². The highest BCUT2D eigenvalue weighted by molar-refractivity contribution is 5.73. The zero-order valence-corrected chi connectivity index (χ0v) is 4.72. The molecule has 0 aromatic carbocycles. The van der Waals surface area contributed by atoms with Gasteiger partial charge in [-0.2, -0.15) is 0 Å². The van der Waals surface area contributed by atoms with Crippen LogP contribution in [0.15, 0.2) is 0 Å². The summed E-state index contributed by atoms with van der Waals surface area (Å²) in [5.41, 5.74) is 5.09. The summed E-state index contributed by atoms with van der Waals surface area (Å²) in [5.74, 6) is -0.230. The molecule has 0 bridgehead atoms. The number of nitrogens with two attached hydrogens (primary N) is 1. The fourth-order valence-corrected chi connectivity index (χ4v) is 0.307. The number of nitrogens with one attached hydrogen (secondary N) is 1. The minimum Gasteiger partial charge on any atom is -0.393 e. The number of aliphatic hydroxyl groups is 1. The second-order valence-electron chi connectivity index (χ2n) is 1.49. The van der Waals surface area contributed by atoms with Gasteiger partial charge in [0, 0.05) is 6.92 Å². The molecule has 0 aliphatic heterocycles. The molecular formula is C4H10N2O2. The maximum absolute atomic E-state index is 10.1. The molecule has 48 valence electrons. The largest absolute Gasteiger partial charge is 0.393 e. The maximum Gasteiger partial charge on any atom is 0.218 e. The molecule has 8 heavy (non-hydrogen) atoms. The van der Waals surface area contributed by atoms with E-state index in [2.05, 4.69) is 5.32 Å². The Morgan fingerprint density at radius 3 is 2.62 bits per heavy atom. The van der Waals surface area contributed by atoms with Crippen LogP contribution in [0.3, 0.4) is 0 Å². The van der Waals surface area contributed by atoms with Crippen LogP contribution in [-0.2, 0) is 4.79 Å². The molecule has 1 amide bonds. The van der Waals surface area contributed by atoms with Crippen LogP contribution in [-0.4, -0.2) is 23.8 Å². The quantitative estimate of drug-likeness (QED) is 0.382. The fraction of sp³-hybridized carbons (Fsp3) is 0.750. The molecule has 1 atom stereocenters. The van der Waals surface area contributed by atoms with Crippen LogP contribution in [0.4, 0.5) is 0 Å². The lowest BCUT2D eigenvalue weighted by Crippen LogP contribution is -2.42. The second kappa shape index (κ2) is 3.40. The number of aliphatic hydroxyl groups excluding tert-OH is 1. The molecule has 0 heterocycles. The Bertz CT molecular complexity index is 84.1. The average Bonchev–Trinajstić information content (AvgIpc) is 1.65.